The van der Waals surface area contributed by atoms with Gasteiger partial charge in [-0.15, -0.1) is 0 Å². The molecule has 1 saturated heterocycles. The number of halogens is 1. The first kappa shape index (κ1) is 9.62. The van der Waals surface area contributed by atoms with E-state index in [1.165, 1.54) is 6.07 Å². The normalized spacial score (nSPS) is 21.4. The Labute approximate surface area is 83.1 Å². The van der Waals surface area contributed by atoms with Crippen LogP contribution in [0.3, 0.4) is 0 Å². The van der Waals surface area contributed by atoms with Gasteiger partial charge in [-0.05, 0) is 12.5 Å². The molecule has 1 aromatic rings. The minimum atomic E-state index is -0.140. The molecule has 0 aromatic heterocycles. The fourth-order valence-corrected chi connectivity index (χ4v) is 1.59. The molecule has 76 valence electrons. The minimum Gasteiger partial charge on any atom is -0.380 e. The maximum absolute atomic E-state index is 13.2. The molecular weight excluding hydrogens is 181 g/mol. The van der Waals surface area contributed by atoms with E-state index in [2.05, 4.69) is 5.32 Å². The van der Waals surface area contributed by atoms with Crippen LogP contribution in [0.1, 0.15) is 12.0 Å². The van der Waals surface area contributed by atoms with E-state index in [1.54, 1.807) is 12.1 Å². The third kappa shape index (κ3) is 2.30. The maximum Gasteiger partial charge on any atom is 0.127 e. The van der Waals surface area contributed by atoms with Crippen molar-refractivity contribution in [1.29, 1.82) is 0 Å². The molecule has 0 amide bonds. The van der Waals surface area contributed by atoms with Crippen LogP contribution in [0.15, 0.2) is 24.3 Å². The van der Waals surface area contributed by atoms with Crippen molar-refractivity contribution in [3.63, 3.8) is 0 Å². The Morgan fingerprint density at radius 1 is 1.43 bits per heavy atom. The second kappa shape index (κ2) is 4.53. The van der Waals surface area contributed by atoms with Gasteiger partial charge in [0.05, 0.1) is 6.61 Å². The van der Waals surface area contributed by atoms with E-state index in [0.29, 0.717) is 12.6 Å². The van der Waals surface area contributed by atoms with Crippen molar-refractivity contribution in [3.05, 3.63) is 35.6 Å². The summed E-state index contributed by atoms with van der Waals surface area (Å²) in [6, 6.07) is 7.23. The lowest BCUT2D eigenvalue weighted by atomic mass is 10.2. The number of hydrogen-bond acceptors (Lipinski definition) is 2. The molecule has 1 aliphatic rings. The Hall–Kier alpha value is -0.930. The summed E-state index contributed by atoms with van der Waals surface area (Å²) in [5.74, 6) is -0.140. The average molecular weight is 195 g/mol. The fourth-order valence-electron chi connectivity index (χ4n) is 1.59. The standard InChI is InChI=1S/C11H14FNO/c12-11-4-2-1-3-9(11)7-13-10-5-6-14-8-10/h1-4,10,13H,5-8H2. The molecule has 2 rings (SSSR count). The van der Waals surface area contributed by atoms with Crippen LogP contribution < -0.4 is 5.32 Å². The van der Waals surface area contributed by atoms with Crippen LogP contribution in [-0.2, 0) is 11.3 Å². The molecule has 1 atom stereocenters. The molecule has 1 aliphatic heterocycles. The zero-order chi connectivity index (χ0) is 9.80. The zero-order valence-electron chi connectivity index (χ0n) is 8.00. The van der Waals surface area contributed by atoms with Gasteiger partial charge in [0.1, 0.15) is 5.82 Å². The van der Waals surface area contributed by atoms with Gasteiger partial charge in [-0.2, -0.15) is 0 Å². The Morgan fingerprint density at radius 3 is 3.00 bits per heavy atom. The molecule has 1 fully saturated rings. The number of rotatable bonds is 3. The molecule has 1 aromatic carbocycles. The largest absolute Gasteiger partial charge is 0.380 e. The van der Waals surface area contributed by atoms with Crippen LogP contribution in [0.2, 0.25) is 0 Å². The number of ether oxygens (including phenoxy) is 1. The number of hydrogen-bond donors (Lipinski definition) is 1. The van der Waals surface area contributed by atoms with Gasteiger partial charge in [-0.3, -0.25) is 0 Å². The second-order valence-corrected chi connectivity index (χ2v) is 3.53. The molecule has 0 spiro atoms. The molecule has 0 bridgehead atoms. The van der Waals surface area contributed by atoms with E-state index < -0.39 is 0 Å². The van der Waals surface area contributed by atoms with E-state index in [1.807, 2.05) is 6.07 Å². The molecule has 1 heterocycles. The summed E-state index contributed by atoms with van der Waals surface area (Å²) < 4.78 is 18.4. The van der Waals surface area contributed by atoms with Crippen LogP contribution in [0, 0.1) is 5.82 Å². The highest BCUT2D eigenvalue weighted by Crippen LogP contribution is 2.08. The first-order chi connectivity index (χ1) is 6.86. The summed E-state index contributed by atoms with van der Waals surface area (Å²) in [5, 5.41) is 3.27. The number of nitrogens with one attached hydrogen (secondary N) is 1. The van der Waals surface area contributed by atoms with Gasteiger partial charge in [0.15, 0.2) is 0 Å². The average Bonchev–Trinajstić information content (AvgIpc) is 2.69. The topological polar surface area (TPSA) is 21.3 Å². The lowest BCUT2D eigenvalue weighted by molar-refractivity contribution is 0.189. The van der Waals surface area contributed by atoms with Gasteiger partial charge in [0.25, 0.3) is 0 Å². The SMILES string of the molecule is Fc1ccccc1CNC1CCOC1. The molecule has 2 nitrogen and oxygen atoms in total. The Bertz CT molecular complexity index is 297. The summed E-state index contributed by atoms with van der Waals surface area (Å²) in [6.07, 6.45) is 1.02. The van der Waals surface area contributed by atoms with E-state index in [9.17, 15) is 4.39 Å². The van der Waals surface area contributed by atoms with Crippen molar-refractivity contribution in [1.82, 2.24) is 5.32 Å². The summed E-state index contributed by atoms with van der Waals surface area (Å²) in [6.45, 7) is 2.14. The smallest absolute Gasteiger partial charge is 0.127 e. The van der Waals surface area contributed by atoms with Crippen molar-refractivity contribution < 1.29 is 9.13 Å². The molecule has 14 heavy (non-hydrogen) atoms. The summed E-state index contributed by atoms with van der Waals surface area (Å²) in [4.78, 5) is 0. The first-order valence-electron chi connectivity index (χ1n) is 4.91. The van der Waals surface area contributed by atoms with E-state index in [0.717, 1.165) is 25.2 Å². The van der Waals surface area contributed by atoms with Gasteiger partial charge >= 0.3 is 0 Å². The summed E-state index contributed by atoms with van der Waals surface area (Å²) in [7, 11) is 0. The van der Waals surface area contributed by atoms with Crippen LogP contribution in [0.25, 0.3) is 0 Å². The van der Waals surface area contributed by atoms with Crippen LogP contribution in [0.5, 0.6) is 0 Å². The minimum absolute atomic E-state index is 0.140. The molecule has 0 saturated carbocycles. The summed E-state index contributed by atoms with van der Waals surface area (Å²) in [5.41, 5.74) is 0.722. The van der Waals surface area contributed by atoms with Crippen LogP contribution in [-0.4, -0.2) is 19.3 Å². The lowest BCUT2D eigenvalue weighted by Gasteiger charge is -2.10. The van der Waals surface area contributed by atoms with Gasteiger partial charge in [0.2, 0.25) is 0 Å². The van der Waals surface area contributed by atoms with E-state index >= 15 is 0 Å². The molecular formula is C11H14FNO. The third-order valence-electron chi connectivity index (χ3n) is 2.47. The monoisotopic (exact) mass is 195 g/mol. The highest BCUT2D eigenvalue weighted by Gasteiger charge is 2.14. The Balaban J connectivity index is 1.88. The van der Waals surface area contributed by atoms with Crippen molar-refractivity contribution in [2.24, 2.45) is 0 Å². The lowest BCUT2D eigenvalue weighted by Crippen LogP contribution is -2.28. The Kier molecular flexibility index (Phi) is 3.11. The van der Waals surface area contributed by atoms with Gasteiger partial charge < -0.3 is 10.1 Å². The second-order valence-electron chi connectivity index (χ2n) is 3.53. The van der Waals surface area contributed by atoms with Crippen LogP contribution in [0.4, 0.5) is 4.39 Å². The molecule has 0 radical (unpaired) electrons. The molecule has 3 heteroatoms. The van der Waals surface area contributed by atoms with E-state index in [4.69, 9.17) is 4.74 Å². The zero-order valence-corrected chi connectivity index (χ0v) is 8.00. The van der Waals surface area contributed by atoms with Crippen LogP contribution >= 0.6 is 0 Å². The predicted octanol–water partition coefficient (Wildman–Crippen LogP) is 1.70. The Morgan fingerprint density at radius 2 is 2.29 bits per heavy atom. The van der Waals surface area contributed by atoms with Gasteiger partial charge in [-0.25, -0.2) is 4.39 Å². The first-order valence-corrected chi connectivity index (χ1v) is 4.91. The van der Waals surface area contributed by atoms with Crippen molar-refractivity contribution >= 4 is 0 Å². The highest BCUT2D eigenvalue weighted by atomic mass is 19.1. The fraction of sp³-hybridized carbons (Fsp3) is 0.455. The van der Waals surface area contributed by atoms with Gasteiger partial charge in [0, 0.05) is 24.8 Å². The molecule has 1 unspecified atom stereocenters. The molecule has 0 aliphatic carbocycles. The van der Waals surface area contributed by atoms with Crippen molar-refractivity contribution in [2.45, 2.75) is 19.0 Å². The number of benzene rings is 1. The quantitative estimate of drug-likeness (QED) is 0.792. The molecule has 1 N–H and O–H groups in total. The maximum atomic E-state index is 13.2. The van der Waals surface area contributed by atoms with Gasteiger partial charge in [-0.1, -0.05) is 18.2 Å². The third-order valence-corrected chi connectivity index (χ3v) is 2.47. The van der Waals surface area contributed by atoms with Crippen molar-refractivity contribution in [2.75, 3.05) is 13.2 Å². The van der Waals surface area contributed by atoms with Crippen molar-refractivity contribution in [3.8, 4) is 0 Å². The predicted molar refractivity (Wildman–Crippen MR) is 52.5 cm³/mol. The summed E-state index contributed by atoms with van der Waals surface area (Å²) >= 11 is 0. The highest BCUT2D eigenvalue weighted by molar-refractivity contribution is 5.17. The van der Waals surface area contributed by atoms with E-state index in [-0.39, 0.29) is 5.82 Å².